The first-order chi connectivity index (χ1) is 12.5. The summed E-state index contributed by atoms with van der Waals surface area (Å²) in [7, 11) is -2.34. The van der Waals surface area contributed by atoms with Gasteiger partial charge in [0.25, 0.3) is 10.0 Å². The maximum Gasteiger partial charge on any atom is 0.263 e. The number of ether oxygens (including phenoxy) is 2. The molecule has 0 unspecified atom stereocenters. The van der Waals surface area contributed by atoms with Crippen molar-refractivity contribution in [3.8, 4) is 17.2 Å². The number of anilines is 1. The Kier molecular flexibility index (Phi) is 5.24. The first kappa shape index (κ1) is 18.0. The van der Waals surface area contributed by atoms with Crippen molar-refractivity contribution in [1.82, 2.24) is 9.97 Å². The van der Waals surface area contributed by atoms with Gasteiger partial charge in [-0.3, -0.25) is 4.72 Å². The van der Waals surface area contributed by atoms with Gasteiger partial charge in [-0.15, -0.1) is 0 Å². The minimum absolute atomic E-state index is 0.0121. The maximum absolute atomic E-state index is 12.5. The number of aromatic nitrogens is 2. The average molecular weight is 392 g/mol. The average Bonchev–Trinajstić information content (AvgIpc) is 2.65. The van der Waals surface area contributed by atoms with E-state index in [4.69, 9.17) is 21.1 Å². The van der Waals surface area contributed by atoms with Gasteiger partial charge in [0.15, 0.2) is 11.0 Å². The van der Waals surface area contributed by atoms with Gasteiger partial charge in [0.2, 0.25) is 5.75 Å². The van der Waals surface area contributed by atoms with Crippen LogP contribution in [0.5, 0.6) is 17.2 Å². The Morgan fingerprint density at radius 3 is 2.46 bits per heavy atom. The van der Waals surface area contributed by atoms with Crippen LogP contribution in [0.2, 0.25) is 5.15 Å². The number of nitrogens with one attached hydrogen (secondary N) is 1. The highest BCUT2D eigenvalue weighted by Gasteiger charge is 2.20. The third-order valence-corrected chi connectivity index (χ3v) is 4.93. The monoisotopic (exact) mass is 391 g/mol. The lowest BCUT2D eigenvalue weighted by atomic mass is 10.3. The Morgan fingerprint density at radius 2 is 1.73 bits per heavy atom. The Labute approximate surface area is 155 Å². The van der Waals surface area contributed by atoms with E-state index in [0.29, 0.717) is 11.5 Å². The molecule has 2 aromatic carbocycles. The third-order valence-electron chi connectivity index (χ3n) is 3.31. The number of sulfonamides is 1. The van der Waals surface area contributed by atoms with Crippen LogP contribution in [-0.2, 0) is 10.0 Å². The summed E-state index contributed by atoms with van der Waals surface area (Å²) in [6, 6.07) is 14.7. The molecule has 0 bridgehead atoms. The van der Waals surface area contributed by atoms with Gasteiger partial charge in [0.1, 0.15) is 17.8 Å². The van der Waals surface area contributed by atoms with Crippen LogP contribution in [-0.4, -0.2) is 25.5 Å². The van der Waals surface area contributed by atoms with Crippen molar-refractivity contribution < 1.29 is 17.9 Å². The van der Waals surface area contributed by atoms with Crippen molar-refractivity contribution in [2.24, 2.45) is 0 Å². The molecule has 1 N–H and O–H groups in total. The molecule has 0 saturated heterocycles. The molecule has 0 atom stereocenters. The quantitative estimate of drug-likeness (QED) is 0.644. The summed E-state index contributed by atoms with van der Waals surface area (Å²) in [6.45, 7) is 0. The molecule has 9 heteroatoms. The van der Waals surface area contributed by atoms with Crippen LogP contribution in [0.25, 0.3) is 0 Å². The van der Waals surface area contributed by atoms with E-state index in [1.165, 1.54) is 19.2 Å². The largest absolute Gasteiger partial charge is 0.497 e. The lowest BCUT2D eigenvalue weighted by Crippen LogP contribution is -2.14. The van der Waals surface area contributed by atoms with E-state index in [1.807, 2.05) is 0 Å². The molecule has 0 saturated carbocycles. The first-order valence-electron chi connectivity index (χ1n) is 7.40. The zero-order valence-corrected chi connectivity index (χ0v) is 15.2. The summed E-state index contributed by atoms with van der Waals surface area (Å²) in [5, 5.41) is -0.0337. The second kappa shape index (κ2) is 7.59. The van der Waals surface area contributed by atoms with E-state index in [0.717, 1.165) is 6.33 Å². The molecular weight excluding hydrogens is 378 g/mol. The molecule has 26 heavy (non-hydrogen) atoms. The van der Waals surface area contributed by atoms with E-state index < -0.39 is 10.0 Å². The molecule has 1 heterocycles. The zero-order valence-electron chi connectivity index (χ0n) is 13.6. The molecule has 0 spiro atoms. The van der Waals surface area contributed by atoms with Gasteiger partial charge in [-0.1, -0.05) is 35.9 Å². The standard InChI is InChI=1S/C17H14ClN3O4S/c1-24-12-6-5-7-13(10-12)25-15-16(18)19-11-20-17(15)21-26(22,23)14-8-3-2-4-9-14/h2-11H,1H3,(H,19,20,21). The predicted molar refractivity (Wildman–Crippen MR) is 97.4 cm³/mol. The van der Waals surface area contributed by atoms with Crippen LogP contribution >= 0.6 is 11.6 Å². The van der Waals surface area contributed by atoms with E-state index in [9.17, 15) is 8.42 Å². The van der Waals surface area contributed by atoms with Crippen molar-refractivity contribution in [3.05, 3.63) is 66.1 Å². The number of halogens is 1. The normalized spacial score (nSPS) is 11.0. The van der Waals surface area contributed by atoms with Gasteiger partial charge in [0.05, 0.1) is 12.0 Å². The van der Waals surface area contributed by atoms with Crippen LogP contribution in [0.1, 0.15) is 0 Å². The fraction of sp³-hybridized carbons (Fsp3) is 0.0588. The molecule has 0 aliphatic rings. The fourth-order valence-electron chi connectivity index (χ4n) is 2.08. The number of hydrogen-bond donors (Lipinski definition) is 1. The summed E-state index contributed by atoms with van der Waals surface area (Å²) in [6.07, 6.45) is 1.14. The van der Waals surface area contributed by atoms with Crippen molar-refractivity contribution in [2.75, 3.05) is 11.8 Å². The second-order valence-corrected chi connectivity index (χ2v) is 7.08. The highest BCUT2D eigenvalue weighted by atomic mass is 35.5. The van der Waals surface area contributed by atoms with Gasteiger partial charge in [-0.25, -0.2) is 18.4 Å². The van der Waals surface area contributed by atoms with E-state index in [1.54, 1.807) is 42.5 Å². The Bertz CT molecular complexity index is 1010. The zero-order chi connectivity index (χ0) is 18.6. The highest BCUT2D eigenvalue weighted by Crippen LogP contribution is 2.35. The number of benzene rings is 2. The molecule has 0 radical (unpaired) electrons. The predicted octanol–water partition coefficient (Wildman–Crippen LogP) is 3.73. The second-order valence-electron chi connectivity index (χ2n) is 5.04. The summed E-state index contributed by atoms with van der Waals surface area (Å²) < 4.78 is 38.3. The molecule has 134 valence electrons. The number of nitrogens with zero attached hydrogens (tertiary/aromatic N) is 2. The number of hydrogen-bond acceptors (Lipinski definition) is 6. The highest BCUT2D eigenvalue weighted by molar-refractivity contribution is 7.92. The van der Waals surface area contributed by atoms with Crippen LogP contribution in [0.15, 0.2) is 65.8 Å². The van der Waals surface area contributed by atoms with Crippen molar-refractivity contribution in [3.63, 3.8) is 0 Å². The van der Waals surface area contributed by atoms with Crippen LogP contribution in [0, 0.1) is 0 Å². The van der Waals surface area contributed by atoms with E-state index in [-0.39, 0.29) is 21.6 Å². The molecule has 1 aromatic heterocycles. The van der Waals surface area contributed by atoms with Gasteiger partial charge < -0.3 is 9.47 Å². The van der Waals surface area contributed by atoms with Gasteiger partial charge in [0, 0.05) is 6.07 Å². The smallest absolute Gasteiger partial charge is 0.263 e. The molecule has 3 rings (SSSR count). The van der Waals surface area contributed by atoms with Gasteiger partial charge in [-0.05, 0) is 24.3 Å². The number of methoxy groups -OCH3 is 1. The minimum atomic E-state index is -3.86. The first-order valence-corrected chi connectivity index (χ1v) is 9.26. The lowest BCUT2D eigenvalue weighted by molar-refractivity contribution is 0.409. The maximum atomic E-state index is 12.5. The minimum Gasteiger partial charge on any atom is -0.497 e. The summed E-state index contributed by atoms with van der Waals surface area (Å²) in [4.78, 5) is 7.88. The summed E-state index contributed by atoms with van der Waals surface area (Å²) in [5.74, 6) is 0.877. The Balaban J connectivity index is 1.95. The SMILES string of the molecule is COc1cccc(Oc2c(Cl)ncnc2NS(=O)(=O)c2ccccc2)c1. The lowest BCUT2D eigenvalue weighted by Gasteiger charge is -2.13. The van der Waals surface area contributed by atoms with Crippen LogP contribution in [0.3, 0.4) is 0 Å². The molecule has 7 nitrogen and oxygen atoms in total. The fourth-order valence-corrected chi connectivity index (χ4v) is 3.29. The third kappa shape index (κ3) is 4.04. The summed E-state index contributed by atoms with van der Waals surface area (Å²) in [5.41, 5.74) is 0. The van der Waals surface area contributed by atoms with Crippen molar-refractivity contribution in [1.29, 1.82) is 0 Å². The van der Waals surface area contributed by atoms with Gasteiger partial charge >= 0.3 is 0 Å². The van der Waals surface area contributed by atoms with Crippen LogP contribution in [0.4, 0.5) is 5.82 Å². The molecule has 0 aliphatic heterocycles. The molecule has 0 fully saturated rings. The Morgan fingerprint density at radius 1 is 1.00 bits per heavy atom. The molecular formula is C17H14ClN3O4S. The van der Waals surface area contributed by atoms with Crippen molar-refractivity contribution in [2.45, 2.75) is 4.90 Å². The van der Waals surface area contributed by atoms with Crippen LogP contribution < -0.4 is 14.2 Å². The van der Waals surface area contributed by atoms with Gasteiger partial charge in [-0.2, -0.15) is 0 Å². The number of rotatable bonds is 6. The molecule has 0 amide bonds. The van der Waals surface area contributed by atoms with E-state index in [2.05, 4.69) is 14.7 Å². The molecule has 3 aromatic rings. The molecule has 0 aliphatic carbocycles. The van der Waals surface area contributed by atoms with E-state index >= 15 is 0 Å². The summed E-state index contributed by atoms with van der Waals surface area (Å²) >= 11 is 6.09. The van der Waals surface area contributed by atoms with Crippen molar-refractivity contribution >= 4 is 27.4 Å². The topological polar surface area (TPSA) is 90.4 Å². The Hall–Kier alpha value is -2.84.